The van der Waals surface area contributed by atoms with Crippen molar-refractivity contribution in [2.24, 2.45) is 0 Å². The monoisotopic (exact) mass is 231 g/mol. The lowest BCUT2D eigenvalue weighted by Crippen LogP contribution is -2.32. The maximum Gasteiger partial charge on any atom is 0.171 e. The Balaban J connectivity index is 0.000000336. The molecule has 0 radical (unpaired) electrons. The number of hydrogen-bond acceptors (Lipinski definition) is 3. The Bertz CT molecular complexity index is 379. The van der Waals surface area contributed by atoms with Crippen molar-refractivity contribution in [3.63, 3.8) is 0 Å². The van der Waals surface area contributed by atoms with Crippen LogP contribution in [-0.4, -0.2) is 19.2 Å². The van der Waals surface area contributed by atoms with Gasteiger partial charge < -0.3 is 4.55 Å². The van der Waals surface area contributed by atoms with Crippen LogP contribution in [0.15, 0.2) is 24.5 Å². The van der Waals surface area contributed by atoms with Crippen LogP contribution in [-0.2, 0) is 16.7 Å². The normalized spacial score (nSPS) is 10.4. The fourth-order valence-electron chi connectivity index (χ4n) is 1.05. The zero-order valence-electron chi connectivity index (χ0n) is 9.30. The molecule has 1 aromatic heterocycles. The summed E-state index contributed by atoms with van der Waals surface area (Å²) in [5.74, 6) is 0. The molecule has 0 bridgehead atoms. The summed E-state index contributed by atoms with van der Waals surface area (Å²) >= 11 is 0. The number of aromatic nitrogens is 1. The quantitative estimate of drug-likeness (QED) is 0.560. The minimum atomic E-state index is -3.92. The van der Waals surface area contributed by atoms with E-state index >= 15 is 0 Å². The molecule has 0 spiro atoms. The molecule has 0 fully saturated rings. The Labute approximate surface area is 91.3 Å². The van der Waals surface area contributed by atoms with Gasteiger partial charge >= 0.3 is 0 Å². The van der Waals surface area contributed by atoms with E-state index in [0.717, 1.165) is 6.54 Å². The number of aryl methyl sites for hydroxylation is 2. The maximum atomic E-state index is 9.08. The molecule has 0 aliphatic heterocycles. The minimum absolute atomic E-state index is 0.604. The molecule has 0 aliphatic carbocycles. The van der Waals surface area contributed by atoms with Crippen molar-refractivity contribution in [3.8, 4) is 0 Å². The van der Waals surface area contributed by atoms with Crippen molar-refractivity contribution in [2.75, 3.05) is 6.26 Å². The summed E-state index contributed by atoms with van der Waals surface area (Å²) in [6.07, 6.45) is 6.08. The third-order valence-corrected chi connectivity index (χ3v) is 1.49. The van der Waals surface area contributed by atoms with Gasteiger partial charge in [-0.3, -0.25) is 0 Å². The van der Waals surface area contributed by atoms with Crippen LogP contribution in [0.3, 0.4) is 0 Å². The lowest BCUT2D eigenvalue weighted by molar-refractivity contribution is -0.697. The topological polar surface area (TPSA) is 61.1 Å². The summed E-state index contributed by atoms with van der Waals surface area (Å²) in [6.45, 7) is 5.43. The molecule has 0 N–H and O–H groups in total. The smallest absolute Gasteiger partial charge is 0.171 e. The highest BCUT2D eigenvalue weighted by Gasteiger charge is 1.95. The molecular formula is C10H17NO3S. The summed E-state index contributed by atoms with van der Waals surface area (Å²) in [7, 11) is -3.92. The number of nitrogens with zero attached hydrogens (tertiary/aromatic N) is 1. The zero-order valence-corrected chi connectivity index (χ0v) is 10.1. The predicted octanol–water partition coefficient (Wildman–Crippen LogP) is 0.854. The van der Waals surface area contributed by atoms with E-state index in [-0.39, 0.29) is 0 Å². The van der Waals surface area contributed by atoms with E-state index in [4.69, 9.17) is 13.0 Å². The summed E-state index contributed by atoms with van der Waals surface area (Å²) in [6, 6.07) is 4.21. The molecule has 5 heteroatoms. The third-order valence-electron chi connectivity index (χ3n) is 1.49. The van der Waals surface area contributed by atoms with Crippen LogP contribution in [0.5, 0.6) is 0 Å². The molecular weight excluding hydrogens is 214 g/mol. The first kappa shape index (κ1) is 14.1. The van der Waals surface area contributed by atoms with Gasteiger partial charge in [0.2, 0.25) is 0 Å². The van der Waals surface area contributed by atoms with Gasteiger partial charge in [-0.25, -0.2) is 13.0 Å². The third kappa shape index (κ3) is 11.0. The van der Waals surface area contributed by atoms with Gasteiger partial charge in [0, 0.05) is 24.3 Å². The van der Waals surface area contributed by atoms with Gasteiger partial charge in [-0.2, -0.15) is 0 Å². The number of rotatable bonds is 2. The molecule has 0 atom stereocenters. The largest absolute Gasteiger partial charge is 0.748 e. The highest BCUT2D eigenvalue weighted by Crippen LogP contribution is 1.89. The van der Waals surface area contributed by atoms with Gasteiger partial charge in [0.15, 0.2) is 12.4 Å². The Morgan fingerprint density at radius 3 is 2.40 bits per heavy atom. The molecule has 0 aliphatic rings. The van der Waals surface area contributed by atoms with Gasteiger partial charge in [-0.1, -0.05) is 6.92 Å². The van der Waals surface area contributed by atoms with Crippen molar-refractivity contribution in [1.82, 2.24) is 0 Å². The van der Waals surface area contributed by atoms with E-state index in [1.807, 2.05) is 0 Å². The van der Waals surface area contributed by atoms with E-state index in [9.17, 15) is 0 Å². The Morgan fingerprint density at radius 1 is 1.47 bits per heavy atom. The average Bonchev–Trinajstić information content (AvgIpc) is 2.01. The minimum Gasteiger partial charge on any atom is -0.748 e. The van der Waals surface area contributed by atoms with Gasteiger partial charge in [-0.05, 0) is 13.0 Å². The van der Waals surface area contributed by atoms with Crippen LogP contribution in [0.2, 0.25) is 0 Å². The second-order valence-corrected chi connectivity index (χ2v) is 4.73. The summed E-state index contributed by atoms with van der Waals surface area (Å²) < 4.78 is 29.4. The molecule has 0 unspecified atom stereocenters. The zero-order chi connectivity index (χ0) is 11.9. The highest BCUT2D eigenvalue weighted by molar-refractivity contribution is 7.84. The van der Waals surface area contributed by atoms with Crippen molar-refractivity contribution >= 4 is 10.1 Å². The lowest BCUT2D eigenvalue weighted by Gasteiger charge is -1.92. The maximum absolute atomic E-state index is 9.08. The van der Waals surface area contributed by atoms with E-state index in [1.165, 1.54) is 12.0 Å². The van der Waals surface area contributed by atoms with Crippen molar-refractivity contribution < 1.29 is 17.5 Å². The van der Waals surface area contributed by atoms with Crippen LogP contribution in [0.4, 0.5) is 0 Å². The fourth-order valence-corrected chi connectivity index (χ4v) is 1.05. The SMILES string of the molecule is CCC[n+]1cccc(C)c1.CS(=O)(=O)[O-]. The summed E-state index contributed by atoms with van der Waals surface area (Å²) in [5.41, 5.74) is 1.33. The second-order valence-electron chi connectivity index (χ2n) is 3.32. The van der Waals surface area contributed by atoms with Gasteiger partial charge in [-0.15, -0.1) is 0 Å². The Kier molecular flexibility index (Phi) is 6.12. The predicted molar refractivity (Wildman–Crippen MR) is 57.3 cm³/mol. The van der Waals surface area contributed by atoms with Crippen molar-refractivity contribution in [2.45, 2.75) is 26.8 Å². The molecule has 15 heavy (non-hydrogen) atoms. The molecule has 0 amide bonds. The van der Waals surface area contributed by atoms with E-state index in [0.29, 0.717) is 6.26 Å². The molecule has 0 saturated carbocycles. The van der Waals surface area contributed by atoms with Crippen LogP contribution in [0.25, 0.3) is 0 Å². The van der Waals surface area contributed by atoms with E-state index in [1.54, 1.807) is 0 Å². The van der Waals surface area contributed by atoms with Crippen LogP contribution < -0.4 is 4.57 Å². The Morgan fingerprint density at radius 2 is 2.00 bits per heavy atom. The Hall–Kier alpha value is -0.940. The molecule has 0 aromatic carbocycles. The first-order chi connectivity index (χ1) is 6.83. The van der Waals surface area contributed by atoms with E-state index in [2.05, 4.69) is 42.9 Å². The van der Waals surface area contributed by atoms with Crippen molar-refractivity contribution in [1.29, 1.82) is 0 Å². The van der Waals surface area contributed by atoms with Gasteiger partial charge in [0.1, 0.15) is 6.54 Å². The van der Waals surface area contributed by atoms with Crippen molar-refractivity contribution in [3.05, 3.63) is 30.1 Å². The van der Waals surface area contributed by atoms with Crippen LogP contribution in [0, 0.1) is 6.92 Å². The second kappa shape index (κ2) is 6.53. The average molecular weight is 231 g/mol. The summed E-state index contributed by atoms with van der Waals surface area (Å²) in [5, 5.41) is 0. The van der Waals surface area contributed by atoms with Gasteiger partial charge in [0.25, 0.3) is 0 Å². The molecule has 86 valence electrons. The summed E-state index contributed by atoms with van der Waals surface area (Å²) in [4.78, 5) is 0. The fraction of sp³-hybridized carbons (Fsp3) is 0.500. The highest BCUT2D eigenvalue weighted by atomic mass is 32.2. The molecule has 1 rings (SSSR count). The molecule has 0 saturated heterocycles. The number of pyridine rings is 1. The van der Waals surface area contributed by atoms with Crippen LogP contribution in [0.1, 0.15) is 18.9 Å². The lowest BCUT2D eigenvalue weighted by atomic mass is 10.3. The molecule has 1 heterocycles. The molecule has 4 nitrogen and oxygen atoms in total. The standard InChI is InChI=1S/C9H14N.CH4O3S/c1-3-6-10-7-4-5-9(2)8-10;1-5(2,3)4/h4-5,7-8H,3,6H2,1-2H3;1H3,(H,2,3,4)/q+1;/p-1. The first-order valence-electron chi connectivity index (χ1n) is 4.69. The first-order valence-corrected chi connectivity index (χ1v) is 6.51. The van der Waals surface area contributed by atoms with E-state index < -0.39 is 10.1 Å². The number of hydrogen-bond donors (Lipinski definition) is 0. The van der Waals surface area contributed by atoms with Gasteiger partial charge in [0.05, 0.1) is 10.1 Å². The molecule has 1 aromatic rings. The van der Waals surface area contributed by atoms with Crippen LogP contribution >= 0.6 is 0 Å².